The van der Waals surface area contributed by atoms with Gasteiger partial charge < -0.3 is 5.32 Å². The van der Waals surface area contributed by atoms with Gasteiger partial charge >= 0.3 is 0 Å². The number of anilines is 1. The van der Waals surface area contributed by atoms with Gasteiger partial charge in [0.25, 0.3) is 0 Å². The summed E-state index contributed by atoms with van der Waals surface area (Å²) in [6.45, 7) is 3.56. The number of allylic oxidation sites excluding steroid dienone is 1. The second-order valence-electron chi connectivity index (χ2n) is 8.69. The van der Waals surface area contributed by atoms with Crippen LogP contribution in [0.25, 0.3) is 11.6 Å². The first-order valence-electron chi connectivity index (χ1n) is 11.3. The molecule has 1 unspecified atom stereocenters. The van der Waals surface area contributed by atoms with Crippen LogP contribution in [0, 0.1) is 34.5 Å². The molecular weight excluding hydrogens is 461 g/mol. The zero-order valence-corrected chi connectivity index (χ0v) is 19.5. The average molecular weight is 488 g/mol. The van der Waals surface area contributed by atoms with Crippen LogP contribution in [0.5, 0.6) is 0 Å². The number of halogens is 5. The number of amides is 1. The Labute approximate surface area is 201 Å². The quantitative estimate of drug-likeness (QED) is 0.140. The molecule has 3 aromatic carbocycles. The predicted molar refractivity (Wildman–Crippen MR) is 128 cm³/mol. The van der Waals surface area contributed by atoms with E-state index >= 15 is 0 Å². The van der Waals surface area contributed by atoms with Gasteiger partial charge in [-0.25, -0.2) is 22.0 Å². The minimum absolute atomic E-state index is 0.174. The molecule has 0 fully saturated rings. The molecule has 1 N–H and O–H groups in total. The number of carbonyl (C=O) groups is 1. The van der Waals surface area contributed by atoms with Crippen molar-refractivity contribution >= 4 is 23.2 Å². The van der Waals surface area contributed by atoms with E-state index in [9.17, 15) is 26.7 Å². The number of unbranched alkanes of at least 4 members (excludes halogenated alkanes) is 1. The number of hydrogen-bond acceptors (Lipinski definition) is 1. The SMILES string of the molecule is CCCCC(C)(C/C(=C/c1ccccc1)c1ccccc1)C(=O)Nc1c(F)c(F)c(F)c(F)c1F. The Bertz CT molecular complexity index is 1180. The van der Waals surface area contributed by atoms with E-state index in [0.717, 1.165) is 23.1 Å². The Kier molecular flexibility index (Phi) is 8.43. The van der Waals surface area contributed by atoms with E-state index in [4.69, 9.17) is 0 Å². The lowest BCUT2D eigenvalue weighted by molar-refractivity contribution is -0.125. The third-order valence-corrected chi connectivity index (χ3v) is 5.94. The highest BCUT2D eigenvalue weighted by Gasteiger charge is 2.36. The maximum atomic E-state index is 14.3. The molecule has 0 heterocycles. The third-order valence-electron chi connectivity index (χ3n) is 5.94. The number of benzene rings is 3. The molecule has 0 saturated heterocycles. The van der Waals surface area contributed by atoms with Crippen LogP contribution >= 0.6 is 0 Å². The molecule has 35 heavy (non-hydrogen) atoms. The number of carbonyl (C=O) groups excluding carboxylic acids is 1. The Morgan fingerprint density at radius 3 is 1.89 bits per heavy atom. The van der Waals surface area contributed by atoms with Crippen molar-refractivity contribution < 1.29 is 26.7 Å². The second-order valence-corrected chi connectivity index (χ2v) is 8.69. The first-order chi connectivity index (χ1) is 16.7. The van der Waals surface area contributed by atoms with E-state index in [1.165, 1.54) is 0 Å². The Morgan fingerprint density at radius 2 is 1.34 bits per heavy atom. The molecule has 184 valence electrons. The van der Waals surface area contributed by atoms with Gasteiger partial charge in [0.2, 0.25) is 11.7 Å². The van der Waals surface area contributed by atoms with Crippen LogP contribution in [0.1, 0.15) is 50.7 Å². The average Bonchev–Trinajstić information content (AvgIpc) is 2.88. The molecule has 3 rings (SSSR count). The van der Waals surface area contributed by atoms with Crippen LogP contribution in [0.3, 0.4) is 0 Å². The molecule has 0 spiro atoms. The fourth-order valence-corrected chi connectivity index (χ4v) is 3.89. The molecule has 0 saturated carbocycles. The summed E-state index contributed by atoms with van der Waals surface area (Å²) in [5.41, 5.74) is -0.00924. The van der Waals surface area contributed by atoms with E-state index < -0.39 is 46.1 Å². The number of nitrogens with one attached hydrogen (secondary N) is 1. The molecule has 1 atom stereocenters. The minimum atomic E-state index is -2.27. The number of hydrogen-bond donors (Lipinski definition) is 1. The maximum absolute atomic E-state index is 14.3. The summed E-state index contributed by atoms with van der Waals surface area (Å²) in [6.07, 6.45) is 3.80. The van der Waals surface area contributed by atoms with Crippen LogP contribution < -0.4 is 5.32 Å². The first-order valence-corrected chi connectivity index (χ1v) is 11.3. The van der Waals surface area contributed by atoms with Gasteiger partial charge in [-0.2, -0.15) is 0 Å². The summed E-state index contributed by atoms with van der Waals surface area (Å²) in [6, 6.07) is 18.8. The molecule has 0 aromatic heterocycles. The Hall–Kier alpha value is -3.48. The van der Waals surface area contributed by atoms with Crippen LogP contribution in [-0.4, -0.2) is 5.91 Å². The van der Waals surface area contributed by atoms with Gasteiger partial charge in [0.15, 0.2) is 23.3 Å². The summed E-state index contributed by atoms with van der Waals surface area (Å²) in [4.78, 5) is 13.4. The zero-order chi connectivity index (χ0) is 25.6. The normalized spacial score (nSPS) is 13.4. The van der Waals surface area contributed by atoms with Crippen LogP contribution in [0.15, 0.2) is 60.7 Å². The van der Waals surface area contributed by atoms with E-state index in [0.29, 0.717) is 12.8 Å². The molecule has 0 aliphatic heterocycles. The van der Waals surface area contributed by atoms with Gasteiger partial charge in [0, 0.05) is 0 Å². The topological polar surface area (TPSA) is 29.1 Å². The van der Waals surface area contributed by atoms with Gasteiger partial charge in [-0.3, -0.25) is 4.79 Å². The van der Waals surface area contributed by atoms with Crippen molar-refractivity contribution in [1.82, 2.24) is 0 Å². The lowest BCUT2D eigenvalue weighted by Gasteiger charge is -2.30. The summed E-state index contributed by atoms with van der Waals surface area (Å²) in [5, 5.41) is 1.99. The standard InChI is InChI=1S/C28H26F5NO/c1-3-4-15-28(2,27(35)34-26-24(32)22(30)21(29)23(31)25(26)33)17-20(19-13-9-6-10-14-19)16-18-11-7-5-8-12-18/h5-14,16H,3-4,15,17H2,1-2H3,(H,34,35)/b20-16-. The highest BCUT2D eigenvalue weighted by molar-refractivity contribution is 5.97. The van der Waals surface area contributed by atoms with Crippen LogP contribution in [0.4, 0.5) is 27.6 Å². The third kappa shape index (κ3) is 5.96. The van der Waals surface area contributed by atoms with Crippen molar-refractivity contribution in [2.75, 3.05) is 5.32 Å². The maximum Gasteiger partial charge on any atom is 0.230 e. The monoisotopic (exact) mass is 487 g/mol. The Morgan fingerprint density at radius 1 is 0.829 bits per heavy atom. The van der Waals surface area contributed by atoms with Gasteiger partial charge in [-0.05, 0) is 29.5 Å². The predicted octanol–water partition coefficient (Wildman–Crippen LogP) is 8.15. The summed E-state index contributed by atoms with van der Waals surface area (Å²) < 4.78 is 69.4. The molecule has 7 heteroatoms. The molecule has 2 nitrogen and oxygen atoms in total. The van der Waals surface area contributed by atoms with Gasteiger partial charge in [0.05, 0.1) is 5.41 Å². The van der Waals surface area contributed by atoms with E-state index in [-0.39, 0.29) is 6.42 Å². The van der Waals surface area contributed by atoms with E-state index in [1.54, 1.807) is 6.92 Å². The molecule has 1 amide bonds. The van der Waals surface area contributed by atoms with E-state index in [2.05, 4.69) is 0 Å². The highest BCUT2D eigenvalue weighted by atomic mass is 19.2. The highest BCUT2D eigenvalue weighted by Crippen LogP contribution is 2.39. The minimum Gasteiger partial charge on any atom is -0.321 e. The lowest BCUT2D eigenvalue weighted by Crippen LogP contribution is -2.35. The van der Waals surface area contributed by atoms with Crippen LogP contribution in [0.2, 0.25) is 0 Å². The lowest BCUT2D eigenvalue weighted by atomic mass is 9.76. The van der Waals surface area contributed by atoms with Crippen molar-refractivity contribution in [3.63, 3.8) is 0 Å². The van der Waals surface area contributed by atoms with Gasteiger partial charge in [0.1, 0.15) is 5.69 Å². The summed E-state index contributed by atoms with van der Waals surface area (Å²) in [7, 11) is 0. The molecule has 3 aromatic rings. The van der Waals surface area contributed by atoms with Crippen molar-refractivity contribution in [2.45, 2.75) is 39.5 Å². The molecule has 0 aliphatic rings. The number of rotatable bonds is 9. The van der Waals surface area contributed by atoms with Gasteiger partial charge in [-0.1, -0.05) is 93.4 Å². The van der Waals surface area contributed by atoms with Crippen molar-refractivity contribution in [1.29, 1.82) is 0 Å². The van der Waals surface area contributed by atoms with E-state index in [1.807, 2.05) is 79.0 Å². The fourth-order valence-electron chi connectivity index (χ4n) is 3.89. The van der Waals surface area contributed by atoms with Gasteiger partial charge in [-0.15, -0.1) is 0 Å². The first kappa shape index (κ1) is 26.1. The smallest absolute Gasteiger partial charge is 0.230 e. The largest absolute Gasteiger partial charge is 0.321 e. The molecule has 0 aliphatic carbocycles. The molecule has 0 radical (unpaired) electrons. The zero-order valence-electron chi connectivity index (χ0n) is 19.5. The van der Waals surface area contributed by atoms with Crippen LogP contribution in [-0.2, 0) is 4.79 Å². The molecule has 0 bridgehead atoms. The van der Waals surface area contributed by atoms with Crippen molar-refractivity contribution in [3.8, 4) is 0 Å². The van der Waals surface area contributed by atoms with Crippen molar-refractivity contribution in [2.24, 2.45) is 5.41 Å². The summed E-state index contributed by atoms with van der Waals surface area (Å²) >= 11 is 0. The summed E-state index contributed by atoms with van der Waals surface area (Å²) in [5.74, 6) is -11.5. The van der Waals surface area contributed by atoms with Crippen molar-refractivity contribution in [3.05, 3.63) is 101 Å². The second kappa shape index (κ2) is 11.3. The fraction of sp³-hybridized carbons (Fsp3) is 0.250. The molecular formula is C28H26F5NO. The Balaban J connectivity index is 2.03.